The van der Waals surface area contributed by atoms with Gasteiger partial charge in [-0.3, -0.25) is 4.79 Å². The van der Waals surface area contributed by atoms with Gasteiger partial charge in [0, 0.05) is 6.54 Å². The van der Waals surface area contributed by atoms with Crippen molar-refractivity contribution in [1.29, 1.82) is 0 Å². The summed E-state index contributed by atoms with van der Waals surface area (Å²) in [6, 6.07) is 16.0. The van der Waals surface area contributed by atoms with Crippen LogP contribution in [0.15, 0.2) is 48.5 Å². The Kier molecular flexibility index (Phi) is 5.14. The number of fused-ring (bicyclic) bond motifs is 1. The first-order chi connectivity index (χ1) is 11.3. The molecule has 1 amide bonds. The quantitative estimate of drug-likeness (QED) is 0.835. The van der Waals surface area contributed by atoms with Crippen LogP contribution in [0.3, 0.4) is 0 Å². The Morgan fingerprint density at radius 2 is 1.74 bits per heavy atom. The second-order valence-electron chi connectivity index (χ2n) is 5.59. The van der Waals surface area contributed by atoms with E-state index in [2.05, 4.69) is 17.4 Å². The Morgan fingerprint density at radius 3 is 2.57 bits per heavy atom. The molecule has 0 radical (unpaired) electrons. The summed E-state index contributed by atoms with van der Waals surface area (Å²) in [5.74, 6) is 1.52. The van der Waals surface area contributed by atoms with E-state index in [0.29, 0.717) is 26.2 Å². The van der Waals surface area contributed by atoms with Gasteiger partial charge in [-0.2, -0.15) is 0 Å². The normalized spacial score (nSPS) is 12.7. The molecular weight excluding hydrogens is 290 g/mol. The summed E-state index contributed by atoms with van der Waals surface area (Å²) < 4.78 is 11.0. The highest BCUT2D eigenvalue weighted by molar-refractivity contribution is 5.78. The Labute approximate surface area is 136 Å². The fraction of sp³-hybridized carbons (Fsp3) is 0.316. The largest absolute Gasteiger partial charge is 0.486 e. The van der Waals surface area contributed by atoms with Crippen LogP contribution in [0, 0.1) is 0 Å². The average Bonchev–Trinajstić information content (AvgIpc) is 2.59. The summed E-state index contributed by atoms with van der Waals surface area (Å²) in [4.78, 5) is 12.0. The first-order valence-electron chi connectivity index (χ1n) is 8.00. The third kappa shape index (κ3) is 4.49. The van der Waals surface area contributed by atoms with Crippen LogP contribution in [0.25, 0.3) is 0 Å². The fourth-order valence-corrected chi connectivity index (χ4v) is 2.61. The zero-order valence-electron chi connectivity index (χ0n) is 13.1. The number of carbonyl (C=O) groups excluding carboxylic acids is 1. The lowest BCUT2D eigenvalue weighted by molar-refractivity contribution is -0.120. The van der Waals surface area contributed by atoms with Gasteiger partial charge >= 0.3 is 0 Å². The number of nitrogens with one attached hydrogen (secondary N) is 1. The molecule has 3 rings (SSSR count). The van der Waals surface area contributed by atoms with Gasteiger partial charge in [-0.25, -0.2) is 0 Å². The summed E-state index contributed by atoms with van der Waals surface area (Å²) in [6.07, 6.45) is 2.28. The third-order valence-corrected chi connectivity index (χ3v) is 3.78. The van der Waals surface area contributed by atoms with Gasteiger partial charge in [0.05, 0.1) is 6.42 Å². The molecule has 23 heavy (non-hydrogen) atoms. The lowest BCUT2D eigenvalue weighted by atomic mass is 10.1. The first-order valence-corrected chi connectivity index (χ1v) is 8.00. The van der Waals surface area contributed by atoms with Gasteiger partial charge in [0.1, 0.15) is 13.2 Å². The highest BCUT2D eigenvalue weighted by Crippen LogP contribution is 2.30. The topological polar surface area (TPSA) is 47.6 Å². The smallest absolute Gasteiger partial charge is 0.224 e. The predicted molar refractivity (Wildman–Crippen MR) is 88.9 cm³/mol. The van der Waals surface area contributed by atoms with Crippen LogP contribution in [0.2, 0.25) is 0 Å². The Hall–Kier alpha value is -2.49. The van der Waals surface area contributed by atoms with Crippen LogP contribution >= 0.6 is 0 Å². The minimum atomic E-state index is 0.0368. The summed E-state index contributed by atoms with van der Waals surface area (Å²) in [5, 5.41) is 2.97. The Morgan fingerprint density at radius 1 is 0.957 bits per heavy atom. The number of aryl methyl sites for hydroxylation is 1. The Bertz CT molecular complexity index is 655. The summed E-state index contributed by atoms with van der Waals surface area (Å²) >= 11 is 0. The summed E-state index contributed by atoms with van der Waals surface area (Å²) in [6.45, 7) is 1.83. The third-order valence-electron chi connectivity index (χ3n) is 3.78. The lowest BCUT2D eigenvalue weighted by Crippen LogP contribution is -2.26. The second-order valence-corrected chi connectivity index (χ2v) is 5.59. The van der Waals surface area contributed by atoms with Gasteiger partial charge in [0.15, 0.2) is 11.5 Å². The molecule has 0 aromatic heterocycles. The van der Waals surface area contributed by atoms with E-state index in [1.807, 2.05) is 36.4 Å². The molecule has 0 saturated carbocycles. The van der Waals surface area contributed by atoms with Crippen molar-refractivity contribution < 1.29 is 14.3 Å². The molecule has 0 atom stereocenters. The van der Waals surface area contributed by atoms with Gasteiger partial charge in [-0.1, -0.05) is 36.4 Å². The molecule has 0 spiro atoms. The van der Waals surface area contributed by atoms with Gasteiger partial charge in [-0.15, -0.1) is 0 Å². The van der Waals surface area contributed by atoms with Crippen molar-refractivity contribution in [3.63, 3.8) is 0 Å². The van der Waals surface area contributed by atoms with Gasteiger partial charge in [0.2, 0.25) is 5.91 Å². The van der Waals surface area contributed by atoms with E-state index in [4.69, 9.17) is 9.47 Å². The molecule has 4 heteroatoms. The lowest BCUT2D eigenvalue weighted by Gasteiger charge is -2.18. The number of hydrogen-bond acceptors (Lipinski definition) is 3. The van der Waals surface area contributed by atoms with Crippen molar-refractivity contribution in [3.8, 4) is 11.5 Å². The van der Waals surface area contributed by atoms with E-state index in [1.54, 1.807) is 0 Å². The fourth-order valence-electron chi connectivity index (χ4n) is 2.61. The van der Waals surface area contributed by atoms with Gasteiger partial charge < -0.3 is 14.8 Å². The van der Waals surface area contributed by atoms with Crippen molar-refractivity contribution in [1.82, 2.24) is 5.32 Å². The maximum atomic E-state index is 12.0. The Balaban J connectivity index is 1.42. The molecule has 120 valence electrons. The molecule has 1 aliphatic rings. The zero-order chi connectivity index (χ0) is 15.9. The number of ether oxygens (including phenoxy) is 2. The molecule has 1 aliphatic heterocycles. The molecule has 0 aliphatic carbocycles. The van der Waals surface area contributed by atoms with Crippen molar-refractivity contribution in [2.45, 2.75) is 19.3 Å². The van der Waals surface area contributed by atoms with Crippen molar-refractivity contribution in [2.24, 2.45) is 0 Å². The maximum absolute atomic E-state index is 12.0. The molecule has 0 fully saturated rings. The molecule has 2 aromatic carbocycles. The monoisotopic (exact) mass is 311 g/mol. The first kappa shape index (κ1) is 15.4. The predicted octanol–water partition coefficient (Wildman–Crippen LogP) is 2.75. The molecule has 2 aromatic rings. The molecule has 4 nitrogen and oxygen atoms in total. The molecule has 1 N–H and O–H groups in total. The van der Waals surface area contributed by atoms with Crippen LogP contribution in [-0.2, 0) is 17.6 Å². The minimum absolute atomic E-state index is 0.0368. The van der Waals surface area contributed by atoms with E-state index < -0.39 is 0 Å². The number of carbonyl (C=O) groups is 1. The molecule has 0 unspecified atom stereocenters. The highest BCUT2D eigenvalue weighted by Gasteiger charge is 2.12. The van der Waals surface area contributed by atoms with Crippen molar-refractivity contribution in [2.75, 3.05) is 19.8 Å². The zero-order valence-corrected chi connectivity index (χ0v) is 13.1. The number of amides is 1. The van der Waals surface area contributed by atoms with Crippen LogP contribution in [0.1, 0.15) is 17.5 Å². The number of hydrogen-bond donors (Lipinski definition) is 1. The molecular formula is C19H21NO3. The maximum Gasteiger partial charge on any atom is 0.224 e. The minimum Gasteiger partial charge on any atom is -0.486 e. The molecule has 1 heterocycles. The van der Waals surface area contributed by atoms with E-state index in [9.17, 15) is 4.79 Å². The SMILES string of the molecule is O=C(Cc1ccc2c(c1)OCCO2)NCCCc1ccccc1. The van der Waals surface area contributed by atoms with Crippen LogP contribution in [-0.4, -0.2) is 25.7 Å². The highest BCUT2D eigenvalue weighted by atomic mass is 16.6. The van der Waals surface area contributed by atoms with Crippen molar-refractivity contribution >= 4 is 5.91 Å². The van der Waals surface area contributed by atoms with E-state index in [-0.39, 0.29) is 5.91 Å². The standard InChI is InChI=1S/C19H21NO3/c21-19(20-10-4-7-15-5-2-1-3-6-15)14-16-8-9-17-18(13-16)23-12-11-22-17/h1-3,5-6,8-9,13H,4,7,10-12,14H2,(H,20,21). The number of benzene rings is 2. The van der Waals surface area contributed by atoms with Gasteiger partial charge in [-0.05, 0) is 36.1 Å². The second kappa shape index (κ2) is 7.68. The molecule has 0 bridgehead atoms. The number of rotatable bonds is 6. The van der Waals surface area contributed by atoms with Crippen LogP contribution in [0.4, 0.5) is 0 Å². The van der Waals surface area contributed by atoms with Crippen LogP contribution < -0.4 is 14.8 Å². The van der Waals surface area contributed by atoms with Crippen molar-refractivity contribution in [3.05, 3.63) is 59.7 Å². The summed E-state index contributed by atoms with van der Waals surface area (Å²) in [7, 11) is 0. The molecule has 0 saturated heterocycles. The average molecular weight is 311 g/mol. The van der Waals surface area contributed by atoms with Crippen LogP contribution in [0.5, 0.6) is 11.5 Å². The van der Waals surface area contributed by atoms with Gasteiger partial charge in [0.25, 0.3) is 0 Å². The van der Waals surface area contributed by atoms with E-state index in [0.717, 1.165) is 29.9 Å². The van der Waals surface area contributed by atoms with E-state index in [1.165, 1.54) is 5.56 Å². The van der Waals surface area contributed by atoms with E-state index >= 15 is 0 Å². The summed E-state index contributed by atoms with van der Waals surface area (Å²) in [5.41, 5.74) is 2.24.